The molecule has 2 atom stereocenters. The average molecular weight is 198 g/mol. The van der Waals surface area contributed by atoms with Crippen molar-refractivity contribution in [1.82, 2.24) is 5.43 Å². The van der Waals surface area contributed by atoms with E-state index in [2.05, 4.69) is 32.1 Å². The molecule has 14 heavy (non-hydrogen) atoms. The Labute approximate surface area is 87.4 Å². The van der Waals surface area contributed by atoms with Crippen LogP contribution < -0.4 is 11.3 Å². The fourth-order valence-electron chi connectivity index (χ4n) is 1.68. The topological polar surface area (TPSA) is 47.3 Å². The van der Waals surface area contributed by atoms with Gasteiger partial charge in [0.25, 0.3) is 0 Å². The van der Waals surface area contributed by atoms with Gasteiger partial charge in [0.2, 0.25) is 0 Å². The summed E-state index contributed by atoms with van der Waals surface area (Å²) in [6, 6.07) is 0.107. The van der Waals surface area contributed by atoms with Crippen LogP contribution in [0.2, 0.25) is 0 Å². The van der Waals surface area contributed by atoms with Crippen LogP contribution in [0.1, 0.15) is 33.6 Å². The molecule has 0 bridgehead atoms. The molecule has 3 N–H and O–H groups in total. The van der Waals surface area contributed by atoms with Crippen LogP contribution in [0.3, 0.4) is 0 Å². The van der Waals surface area contributed by atoms with Gasteiger partial charge in [0.1, 0.15) is 0 Å². The van der Waals surface area contributed by atoms with Crippen LogP contribution in [-0.2, 0) is 4.74 Å². The number of nitrogens with one attached hydrogen (secondary N) is 1. The molecule has 0 aromatic heterocycles. The van der Waals surface area contributed by atoms with Gasteiger partial charge in [-0.25, -0.2) is 0 Å². The van der Waals surface area contributed by atoms with Gasteiger partial charge in [0.15, 0.2) is 0 Å². The molecule has 82 valence electrons. The molecule has 0 heterocycles. The molecule has 0 fully saturated rings. The van der Waals surface area contributed by atoms with Gasteiger partial charge >= 0.3 is 0 Å². The van der Waals surface area contributed by atoms with Crippen molar-refractivity contribution in [3.8, 4) is 12.3 Å². The molecule has 3 heteroatoms. The molecule has 0 aliphatic carbocycles. The van der Waals surface area contributed by atoms with Crippen LogP contribution in [0.25, 0.3) is 0 Å². The van der Waals surface area contributed by atoms with Crippen LogP contribution in [0.5, 0.6) is 0 Å². The molecule has 0 amide bonds. The summed E-state index contributed by atoms with van der Waals surface area (Å²) in [6.07, 6.45) is 6.84. The Morgan fingerprint density at radius 3 is 2.36 bits per heavy atom. The quantitative estimate of drug-likeness (QED) is 0.397. The number of hydrogen-bond donors (Lipinski definition) is 2. The highest BCUT2D eigenvalue weighted by molar-refractivity contribution is 4.90. The van der Waals surface area contributed by atoms with E-state index in [4.69, 9.17) is 17.0 Å². The van der Waals surface area contributed by atoms with Gasteiger partial charge in [-0.15, -0.1) is 12.3 Å². The van der Waals surface area contributed by atoms with E-state index in [0.717, 1.165) is 6.42 Å². The van der Waals surface area contributed by atoms with Gasteiger partial charge in [-0.05, 0) is 11.8 Å². The van der Waals surface area contributed by atoms with Crippen molar-refractivity contribution in [2.24, 2.45) is 11.3 Å². The summed E-state index contributed by atoms with van der Waals surface area (Å²) in [4.78, 5) is 0. The fourth-order valence-corrected chi connectivity index (χ4v) is 1.68. The molecule has 0 aromatic rings. The van der Waals surface area contributed by atoms with E-state index in [0.29, 0.717) is 6.42 Å². The number of terminal acetylenes is 1. The van der Waals surface area contributed by atoms with Crippen molar-refractivity contribution in [3.05, 3.63) is 0 Å². The lowest BCUT2D eigenvalue weighted by Crippen LogP contribution is -2.50. The summed E-state index contributed by atoms with van der Waals surface area (Å²) < 4.78 is 5.45. The van der Waals surface area contributed by atoms with Gasteiger partial charge in [-0.3, -0.25) is 11.3 Å². The van der Waals surface area contributed by atoms with Gasteiger partial charge in [0, 0.05) is 19.6 Å². The molecular weight excluding hydrogens is 176 g/mol. The van der Waals surface area contributed by atoms with Gasteiger partial charge in [0.05, 0.1) is 6.10 Å². The zero-order valence-corrected chi connectivity index (χ0v) is 9.63. The Morgan fingerprint density at radius 2 is 2.07 bits per heavy atom. The summed E-state index contributed by atoms with van der Waals surface area (Å²) in [5.41, 5.74) is 2.83. The lowest BCUT2D eigenvalue weighted by molar-refractivity contribution is -0.0128. The number of methoxy groups -OCH3 is 1. The molecular formula is C11H22N2O. The van der Waals surface area contributed by atoms with Crippen LogP contribution in [0.4, 0.5) is 0 Å². The minimum atomic E-state index is 0.0559. The van der Waals surface area contributed by atoms with Crippen molar-refractivity contribution in [2.75, 3.05) is 7.11 Å². The molecule has 0 saturated heterocycles. The van der Waals surface area contributed by atoms with Gasteiger partial charge in [-0.1, -0.05) is 20.8 Å². The van der Waals surface area contributed by atoms with Crippen LogP contribution in [0, 0.1) is 17.8 Å². The minimum absolute atomic E-state index is 0.0559. The predicted octanol–water partition coefficient (Wildman–Crippen LogP) is 1.29. The molecule has 0 aromatic carbocycles. The summed E-state index contributed by atoms with van der Waals surface area (Å²) in [5, 5.41) is 0. The van der Waals surface area contributed by atoms with E-state index in [9.17, 15) is 0 Å². The second-order valence-electron chi connectivity index (χ2n) is 4.54. The smallest absolute Gasteiger partial charge is 0.0786 e. The third-order valence-electron chi connectivity index (χ3n) is 2.29. The Kier molecular flexibility index (Phi) is 5.78. The van der Waals surface area contributed by atoms with E-state index < -0.39 is 0 Å². The molecule has 2 unspecified atom stereocenters. The first-order valence-corrected chi connectivity index (χ1v) is 4.89. The third-order valence-corrected chi connectivity index (χ3v) is 2.29. The maximum atomic E-state index is 5.49. The van der Waals surface area contributed by atoms with Crippen LogP contribution >= 0.6 is 0 Å². The van der Waals surface area contributed by atoms with Crippen molar-refractivity contribution < 1.29 is 4.74 Å². The molecule has 0 spiro atoms. The summed E-state index contributed by atoms with van der Waals surface area (Å²) in [7, 11) is 1.70. The monoisotopic (exact) mass is 198 g/mol. The van der Waals surface area contributed by atoms with E-state index in [1.165, 1.54) is 0 Å². The fraction of sp³-hybridized carbons (Fsp3) is 0.818. The summed E-state index contributed by atoms with van der Waals surface area (Å²) >= 11 is 0. The van der Waals surface area contributed by atoms with Crippen LogP contribution in [0.15, 0.2) is 0 Å². The zero-order valence-electron chi connectivity index (χ0n) is 9.63. The first-order chi connectivity index (χ1) is 6.47. The Balaban J connectivity index is 4.39. The number of nitrogens with two attached hydrogens (primary N) is 1. The van der Waals surface area contributed by atoms with E-state index in [1.54, 1.807) is 7.11 Å². The maximum absolute atomic E-state index is 5.49. The molecule has 0 aliphatic heterocycles. The van der Waals surface area contributed by atoms with Crippen molar-refractivity contribution in [1.29, 1.82) is 0 Å². The van der Waals surface area contributed by atoms with E-state index >= 15 is 0 Å². The SMILES string of the molecule is C#CCCC(NN)C(OC)C(C)(C)C. The van der Waals surface area contributed by atoms with Crippen molar-refractivity contribution in [3.63, 3.8) is 0 Å². The largest absolute Gasteiger partial charge is 0.379 e. The first kappa shape index (κ1) is 13.4. The Hall–Kier alpha value is -0.560. The average Bonchev–Trinajstić information content (AvgIpc) is 2.09. The highest BCUT2D eigenvalue weighted by Crippen LogP contribution is 2.25. The Bertz CT molecular complexity index is 190. The van der Waals surface area contributed by atoms with Crippen LogP contribution in [-0.4, -0.2) is 19.3 Å². The lowest BCUT2D eigenvalue weighted by atomic mass is 9.83. The molecule has 0 aliphatic rings. The molecule has 0 saturated carbocycles. The van der Waals surface area contributed by atoms with Gasteiger partial charge in [-0.2, -0.15) is 0 Å². The first-order valence-electron chi connectivity index (χ1n) is 4.89. The number of rotatable bonds is 5. The van der Waals surface area contributed by atoms with Crippen molar-refractivity contribution in [2.45, 2.75) is 45.8 Å². The van der Waals surface area contributed by atoms with E-state index in [1.807, 2.05) is 0 Å². The number of hydrazine groups is 1. The number of ether oxygens (including phenoxy) is 1. The standard InChI is InChI=1S/C11H22N2O/c1-6-7-8-9(13-12)10(14-5)11(2,3)4/h1,9-10,13H,7-8,12H2,2-5H3. The normalized spacial score (nSPS) is 16.0. The summed E-state index contributed by atoms with van der Waals surface area (Å²) in [6.45, 7) is 6.38. The van der Waals surface area contributed by atoms with Crippen molar-refractivity contribution >= 4 is 0 Å². The Morgan fingerprint density at radius 1 is 1.50 bits per heavy atom. The molecule has 0 radical (unpaired) electrons. The lowest BCUT2D eigenvalue weighted by Gasteiger charge is -2.35. The maximum Gasteiger partial charge on any atom is 0.0786 e. The summed E-state index contributed by atoms with van der Waals surface area (Å²) in [5.74, 6) is 8.10. The molecule has 3 nitrogen and oxygen atoms in total. The van der Waals surface area contributed by atoms with E-state index in [-0.39, 0.29) is 17.6 Å². The zero-order chi connectivity index (χ0) is 11.2. The number of hydrogen-bond acceptors (Lipinski definition) is 3. The predicted molar refractivity (Wildman–Crippen MR) is 59.4 cm³/mol. The molecule has 0 rings (SSSR count). The van der Waals surface area contributed by atoms with Gasteiger partial charge < -0.3 is 4.74 Å². The second kappa shape index (κ2) is 6.02. The second-order valence-corrected chi connectivity index (χ2v) is 4.54. The highest BCUT2D eigenvalue weighted by atomic mass is 16.5. The highest BCUT2D eigenvalue weighted by Gasteiger charge is 2.31. The third kappa shape index (κ3) is 4.10. The minimum Gasteiger partial charge on any atom is -0.379 e.